The van der Waals surface area contributed by atoms with Crippen LogP contribution in [0, 0.1) is 0 Å². The van der Waals surface area contributed by atoms with E-state index in [2.05, 4.69) is 10.6 Å². The van der Waals surface area contributed by atoms with Crippen molar-refractivity contribution in [1.82, 2.24) is 10.6 Å². The summed E-state index contributed by atoms with van der Waals surface area (Å²) in [6, 6.07) is 33.1. The van der Waals surface area contributed by atoms with Gasteiger partial charge in [0.1, 0.15) is 24.1 Å². The van der Waals surface area contributed by atoms with E-state index in [9.17, 15) is 19.5 Å². The van der Waals surface area contributed by atoms with Crippen LogP contribution >= 0.6 is 0 Å². The number of hydrogen-bond donors (Lipinski definition) is 4. The maximum absolute atomic E-state index is 13.6. The molecule has 10 heteroatoms. The number of allylic oxidation sites excluding steroid dienone is 1. The fraction of sp³-hybridized carbons (Fsp3) is 0.244. The van der Waals surface area contributed by atoms with Crippen LogP contribution in [0.4, 0.5) is 0 Å². The number of phenolic OH excluding ortho intramolecular Hbond substituents is 1. The average molecular weight is 689 g/mol. The Bertz CT molecular complexity index is 1840. The van der Waals surface area contributed by atoms with Crippen molar-refractivity contribution >= 4 is 23.9 Å². The van der Waals surface area contributed by atoms with Crippen molar-refractivity contribution in [2.75, 3.05) is 19.7 Å². The Morgan fingerprint density at radius 1 is 0.824 bits per heavy atom. The quantitative estimate of drug-likeness (QED) is 0.147. The lowest BCUT2D eigenvalue weighted by atomic mass is 9.91. The number of para-hydroxylation sites is 1. The number of aliphatic hydroxyl groups excluding tert-OH is 1. The van der Waals surface area contributed by atoms with Gasteiger partial charge in [0.25, 0.3) is 0 Å². The van der Waals surface area contributed by atoms with Gasteiger partial charge >= 0.3 is 5.97 Å². The van der Waals surface area contributed by atoms with Crippen LogP contribution in [0.1, 0.15) is 45.5 Å². The number of carbonyl (C=O) groups is 3. The molecule has 4 N–H and O–H groups in total. The molecule has 1 heterocycles. The molecule has 1 fully saturated rings. The number of ether oxygens (including phenoxy) is 3. The molecule has 262 valence electrons. The van der Waals surface area contributed by atoms with Crippen LogP contribution < -0.4 is 10.6 Å². The first kappa shape index (κ1) is 35.3. The highest BCUT2D eigenvalue weighted by molar-refractivity contribution is 5.94. The summed E-state index contributed by atoms with van der Waals surface area (Å²) >= 11 is 0. The lowest BCUT2D eigenvalue weighted by Gasteiger charge is -2.31. The van der Waals surface area contributed by atoms with Gasteiger partial charge in [-0.3, -0.25) is 9.59 Å². The van der Waals surface area contributed by atoms with E-state index in [0.29, 0.717) is 17.6 Å². The van der Waals surface area contributed by atoms with Gasteiger partial charge in [0.15, 0.2) is 0 Å². The molecule has 0 saturated carbocycles. The van der Waals surface area contributed by atoms with Crippen molar-refractivity contribution in [3.05, 3.63) is 155 Å². The van der Waals surface area contributed by atoms with Crippen molar-refractivity contribution in [3.8, 4) is 5.75 Å². The normalized spacial score (nSPS) is 19.2. The van der Waals surface area contributed by atoms with Crippen molar-refractivity contribution in [1.29, 1.82) is 0 Å². The van der Waals surface area contributed by atoms with Gasteiger partial charge < -0.3 is 35.1 Å². The zero-order valence-corrected chi connectivity index (χ0v) is 27.9. The van der Waals surface area contributed by atoms with Gasteiger partial charge in [-0.2, -0.15) is 0 Å². The first-order valence-electron chi connectivity index (χ1n) is 16.9. The molecule has 0 aromatic heterocycles. The number of esters is 1. The molecule has 3 unspecified atom stereocenters. The summed E-state index contributed by atoms with van der Waals surface area (Å²) in [5.74, 6) is -2.38. The molecule has 4 aromatic rings. The number of benzene rings is 4. The van der Waals surface area contributed by atoms with E-state index in [0.717, 1.165) is 22.3 Å². The van der Waals surface area contributed by atoms with Gasteiger partial charge in [-0.15, -0.1) is 0 Å². The van der Waals surface area contributed by atoms with E-state index in [4.69, 9.17) is 19.3 Å². The van der Waals surface area contributed by atoms with E-state index in [1.165, 1.54) is 0 Å². The Morgan fingerprint density at radius 2 is 1.49 bits per heavy atom. The van der Waals surface area contributed by atoms with Gasteiger partial charge in [0.2, 0.25) is 17.6 Å². The molecule has 1 aliphatic carbocycles. The van der Waals surface area contributed by atoms with E-state index < -0.39 is 36.0 Å². The lowest BCUT2D eigenvalue weighted by Crippen LogP contribution is -2.44. The number of nitrogens with one attached hydrogen (secondary N) is 2. The van der Waals surface area contributed by atoms with Crippen molar-refractivity contribution in [2.45, 2.75) is 43.4 Å². The largest absolute Gasteiger partial charge is 0.508 e. The topological polar surface area (TPSA) is 143 Å². The van der Waals surface area contributed by atoms with Gasteiger partial charge in [-0.1, -0.05) is 103 Å². The highest BCUT2D eigenvalue weighted by Crippen LogP contribution is 2.47. The number of aromatic hydroxyl groups is 1. The Morgan fingerprint density at radius 3 is 2.16 bits per heavy atom. The Labute approximate surface area is 296 Å². The Kier molecular flexibility index (Phi) is 11.4. The summed E-state index contributed by atoms with van der Waals surface area (Å²) in [5, 5.41) is 24.3. The third-order valence-electron chi connectivity index (χ3n) is 8.80. The van der Waals surface area contributed by atoms with E-state index in [-0.39, 0.29) is 44.2 Å². The average Bonchev–Trinajstić information content (AvgIpc) is 3.57. The van der Waals surface area contributed by atoms with E-state index in [1.54, 1.807) is 30.3 Å². The second-order valence-electron chi connectivity index (χ2n) is 12.3. The Balaban J connectivity index is 1.22. The van der Waals surface area contributed by atoms with Gasteiger partial charge in [-0.05, 0) is 41.8 Å². The van der Waals surface area contributed by atoms with Crippen LogP contribution in [0.25, 0.3) is 6.08 Å². The first-order chi connectivity index (χ1) is 24.9. The molecule has 3 atom stereocenters. The number of phenols is 1. The predicted molar refractivity (Wildman–Crippen MR) is 190 cm³/mol. The summed E-state index contributed by atoms with van der Waals surface area (Å²) in [4.78, 5) is 39.0. The fourth-order valence-corrected chi connectivity index (χ4v) is 6.22. The fourth-order valence-electron chi connectivity index (χ4n) is 6.22. The molecular formula is C41H40N2O8. The highest BCUT2D eigenvalue weighted by Gasteiger charge is 2.54. The predicted octanol–water partition coefficient (Wildman–Crippen LogP) is 4.80. The van der Waals surface area contributed by atoms with Crippen LogP contribution in [0.3, 0.4) is 0 Å². The Hall–Kier alpha value is -5.55. The molecule has 0 bridgehead atoms. The molecule has 2 aliphatic rings. The highest BCUT2D eigenvalue weighted by atomic mass is 16.8. The monoisotopic (exact) mass is 688 g/mol. The summed E-state index contributed by atoms with van der Waals surface area (Å²) < 4.78 is 19.6. The molecule has 2 amide bonds. The number of aliphatic hydroxyl groups is 1. The third kappa shape index (κ3) is 8.43. The zero-order chi connectivity index (χ0) is 35.6. The summed E-state index contributed by atoms with van der Waals surface area (Å²) in [6.07, 6.45) is 3.84. The molecule has 1 aliphatic heterocycles. The molecule has 4 aromatic carbocycles. The number of amides is 2. The first-order valence-corrected chi connectivity index (χ1v) is 16.9. The second kappa shape index (κ2) is 16.4. The molecule has 0 spiro atoms. The number of rotatable bonds is 13. The second-order valence-corrected chi connectivity index (χ2v) is 12.3. The number of fused-ring (bicyclic) bond motifs is 1. The SMILES string of the molecule is O=C(CCNC(=O)C1=CC2OC(c3ccccc3)(c3ccccc3)OC2C(OC(=O)c2ccc(C=CCc3ccccc3O)cc2)C1)NCCO. The van der Waals surface area contributed by atoms with Crippen LogP contribution in [-0.2, 0) is 36.0 Å². The van der Waals surface area contributed by atoms with Crippen LogP contribution in [0.15, 0.2) is 127 Å². The minimum absolute atomic E-state index is 0.0358. The number of hydrogen-bond acceptors (Lipinski definition) is 8. The van der Waals surface area contributed by atoms with Crippen LogP contribution in [-0.4, -0.2) is 66.0 Å². The van der Waals surface area contributed by atoms with Crippen LogP contribution in [0.2, 0.25) is 0 Å². The van der Waals surface area contributed by atoms with Gasteiger partial charge in [0, 0.05) is 42.6 Å². The molecule has 10 nitrogen and oxygen atoms in total. The summed E-state index contributed by atoms with van der Waals surface area (Å²) in [6.45, 7) is 0.0366. The van der Waals surface area contributed by atoms with Gasteiger partial charge in [-0.25, -0.2) is 4.79 Å². The zero-order valence-electron chi connectivity index (χ0n) is 27.9. The number of carbonyl (C=O) groups excluding carboxylic acids is 3. The standard InChI is InChI=1S/C41H40N2O8/c44-25-24-42-37(46)22-23-43-39(47)31-26-35(49-40(48)30-20-18-28(19-21-30)10-9-12-29-11-7-8-17-34(29)45)38-36(27-31)50-41(51-38,32-13-3-1-4-14-32)33-15-5-2-6-16-33/h1-11,13-21,27,35-36,38,44-45H,12,22-26H2,(H,42,46)(H,43,47). The van der Waals surface area contributed by atoms with Gasteiger partial charge in [0.05, 0.1) is 12.2 Å². The minimum Gasteiger partial charge on any atom is -0.508 e. The maximum Gasteiger partial charge on any atom is 0.338 e. The smallest absolute Gasteiger partial charge is 0.338 e. The van der Waals surface area contributed by atoms with Crippen LogP contribution in [0.5, 0.6) is 5.75 Å². The molecule has 51 heavy (non-hydrogen) atoms. The van der Waals surface area contributed by atoms with E-state index in [1.807, 2.05) is 97.1 Å². The molecule has 0 radical (unpaired) electrons. The molecular weight excluding hydrogens is 648 g/mol. The van der Waals surface area contributed by atoms with Crippen molar-refractivity contribution in [3.63, 3.8) is 0 Å². The summed E-state index contributed by atoms with van der Waals surface area (Å²) in [5.41, 5.74) is 3.84. The van der Waals surface area contributed by atoms with Crippen molar-refractivity contribution in [2.24, 2.45) is 0 Å². The summed E-state index contributed by atoms with van der Waals surface area (Å²) in [7, 11) is 0. The molecule has 1 saturated heterocycles. The van der Waals surface area contributed by atoms with Crippen molar-refractivity contribution < 1.29 is 38.8 Å². The van der Waals surface area contributed by atoms with E-state index >= 15 is 0 Å². The third-order valence-corrected chi connectivity index (χ3v) is 8.80. The lowest BCUT2D eigenvalue weighted by molar-refractivity contribution is -0.157. The molecule has 6 rings (SSSR count). The maximum atomic E-state index is 13.6. The minimum atomic E-state index is -1.33.